The highest BCUT2D eigenvalue weighted by Gasteiger charge is 2.34. The molecule has 67 heavy (non-hydrogen) atoms. The molecule has 0 radical (unpaired) electrons. The molecule has 5 aromatic rings. The van der Waals surface area contributed by atoms with E-state index in [0.29, 0.717) is 52.9 Å². The number of aromatic nitrogens is 7. The first-order valence-corrected chi connectivity index (χ1v) is 24.4. The zero-order valence-electron chi connectivity index (χ0n) is 38.1. The normalized spacial score (nSPS) is 20.2. The molecule has 2 amide bonds. The second-order valence-electron chi connectivity index (χ2n) is 18.6. The highest BCUT2D eigenvalue weighted by Crippen LogP contribution is 2.40. The van der Waals surface area contributed by atoms with Crippen LogP contribution in [0.25, 0.3) is 11.4 Å². The van der Waals surface area contributed by atoms with Crippen LogP contribution < -0.4 is 19.9 Å². The molecule has 4 aliphatic heterocycles. The maximum atomic E-state index is 13.6. The van der Waals surface area contributed by atoms with Gasteiger partial charge >= 0.3 is 0 Å². The third kappa shape index (κ3) is 9.80. The molecule has 10 rings (SSSR count). The monoisotopic (exact) mass is 924 g/mol. The van der Waals surface area contributed by atoms with Gasteiger partial charge < -0.3 is 29.5 Å². The lowest BCUT2D eigenvalue weighted by atomic mass is 9.91. The Labute approximate surface area is 396 Å². The summed E-state index contributed by atoms with van der Waals surface area (Å²) in [5.41, 5.74) is 7.95. The number of benzene rings is 1. The van der Waals surface area contributed by atoms with Gasteiger partial charge in [0, 0.05) is 93.6 Å². The van der Waals surface area contributed by atoms with Gasteiger partial charge in [0.1, 0.15) is 11.8 Å². The van der Waals surface area contributed by atoms with Crippen molar-refractivity contribution in [2.75, 3.05) is 49.2 Å². The van der Waals surface area contributed by atoms with E-state index in [2.05, 4.69) is 48.2 Å². The SMILES string of the molecule is CC(=O)N1CCc2c(c(N3CCCc4nc(-c5ccc(CCC6CCN(c7ccnnc7C(=O)NC7CCC(Oc8ccc(C#N)c(Cl)c8)CC7)CC6)nc5)ncc43)nn2C2CCOCC2)C1. The molecule has 1 saturated carbocycles. The molecule has 1 aliphatic carbocycles. The van der Waals surface area contributed by atoms with Crippen LogP contribution in [0.15, 0.2) is 55.0 Å². The molecule has 0 bridgehead atoms. The van der Waals surface area contributed by atoms with E-state index in [4.69, 9.17) is 46.4 Å². The van der Waals surface area contributed by atoms with Gasteiger partial charge in [0.25, 0.3) is 5.91 Å². The van der Waals surface area contributed by atoms with Crippen molar-refractivity contribution in [3.63, 3.8) is 0 Å². The highest BCUT2D eigenvalue weighted by molar-refractivity contribution is 6.31. The van der Waals surface area contributed by atoms with Crippen molar-refractivity contribution in [1.82, 2.24) is 45.1 Å². The Morgan fingerprint density at radius 2 is 1.78 bits per heavy atom. The number of nitrogens with one attached hydrogen (secondary N) is 1. The average Bonchev–Trinajstić information content (AvgIpc) is 3.75. The fourth-order valence-electron chi connectivity index (χ4n) is 10.5. The summed E-state index contributed by atoms with van der Waals surface area (Å²) in [6, 6.07) is 13.6. The number of anilines is 3. The highest BCUT2D eigenvalue weighted by atomic mass is 35.5. The molecular formula is C50H57ClN12O4. The second kappa shape index (κ2) is 20.0. The van der Waals surface area contributed by atoms with Crippen LogP contribution in [0.1, 0.15) is 116 Å². The standard InChI is InChI=1S/C50H57ClN12O4/c1-32(64)61-24-17-44-41(31-61)49(59-63(44)38-18-25-66-26-19-38)62-21-2-3-43-46(62)30-54-48(57-43)35-5-8-36(53-29-35)7-4-33-15-22-60(23-16-33)45-14-20-55-58-47(45)50(65)56-37-9-12-39(13-10-37)67-40-11-6-34(28-52)42(51)27-40/h5-6,8,11,14,20,27,29-30,33,37-39H,2-4,7,9-10,12-13,15-19,21-26,31H2,1H3,(H,56,65). The van der Waals surface area contributed by atoms with Crippen LogP contribution in [0, 0.1) is 17.2 Å². The zero-order chi connectivity index (χ0) is 45.9. The molecule has 8 heterocycles. The van der Waals surface area contributed by atoms with Crippen molar-refractivity contribution in [3.8, 4) is 23.2 Å². The topological polar surface area (TPSA) is 180 Å². The smallest absolute Gasteiger partial charge is 0.274 e. The van der Waals surface area contributed by atoms with E-state index in [1.54, 1.807) is 31.3 Å². The minimum atomic E-state index is -0.193. The Morgan fingerprint density at radius 1 is 0.940 bits per heavy atom. The summed E-state index contributed by atoms with van der Waals surface area (Å²) in [6.07, 6.45) is 17.1. The van der Waals surface area contributed by atoms with Crippen molar-refractivity contribution < 1.29 is 19.1 Å². The number of fused-ring (bicyclic) bond motifs is 2. The van der Waals surface area contributed by atoms with Crippen LogP contribution in [0.2, 0.25) is 5.02 Å². The van der Waals surface area contributed by atoms with Gasteiger partial charge in [-0.3, -0.25) is 19.3 Å². The molecule has 5 aliphatic rings. The Bertz CT molecular complexity index is 2630. The number of halogens is 1. The maximum absolute atomic E-state index is 13.6. The number of pyridine rings is 1. The van der Waals surface area contributed by atoms with Crippen molar-refractivity contribution in [1.29, 1.82) is 5.26 Å². The molecule has 0 spiro atoms. The van der Waals surface area contributed by atoms with Gasteiger partial charge in [0.05, 0.1) is 58.7 Å². The summed E-state index contributed by atoms with van der Waals surface area (Å²) in [5, 5.41) is 26.4. The van der Waals surface area contributed by atoms with E-state index < -0.39 is 0 Å². The number of hydrogen-bond donors (Lipinski definition) is 1. The van der Waals surface area contributed by atoms with Gasteiger partial charge in [0.15, 0.2) is 17.3 Å². The first-order valence-electron chi connectivity index (χ1n) is 24.0. The molecule has 3 fully saturated rings. The lowest BCUT2D eigenvalue weighted by Crippen LogP contribution is -2.41. The van der Waals surface area contributed by atoms with Gasteiger partial charge in [-0.2, -0.15) is 15.5 Å². The molecule has 2 saturated heterocycles. The average molecular weight is 926 g/mol. The third-order valence-corrected chi connectivity index (χ3v) is 14.7. The minimum absolute atomic E-state index is 0.0178. The minimum Gasteiger partial charge on any atom is -0.490 e. The van der Waals surface area contributed by atoms with Crippen LogP contribution in [-0.2, 0) is 35.3 Å². The van der Waals surface area contributed by atoms with E-state index >= 15 is 0 Å². The summed E-state index contributed by atoms with van der Waals surface area (Å²) in [6.45, 7) is 6.92. The molecule has 4 aromatic heterocycles. The van der Waals surface area contributed by atoms with Crippen LogP contribution in [0.5, 0.6) is 5.75 Å². The van der Waals surface area contributed by atoms with Crippen LogP contribution in [0.3, 0.4) is 0 Å². The molecule has 16 nitrogen and oxygen atoms in total. The molecular weight excluding hydrogens is 868 g/mol. The Balaban J connectivity index is 0.720. The molecule has 1 aromatic carbocycles. The fraction of sp³-hybridized carbons (Fsp3) is 0.500. The van der Waals surface area contributed by atoms with Crippen molar-refractivity contribution in [2.24, 2.45) is 5.92 Å². The summed E-state index contributed by atoms with van der Waals surface area (Å²) >= 11 is 6.20. The molecule has 0 atom stereocenters. The third-order valence-electron chi connectivity index (χ3n) is 14.4. The number of nitrogens with zero attached hydrogens (tertiary/aromatic N) is 11. The van der Waals surface area contributed by atoms with E-state index in [1.807, 2.05) is 23.4 Å². The first-order chi connectivity index (χ1) is 32.8. The maximum Gasteiger partial charge on any atom is 0.274 e. The van der Waals surface area contributed by atoms with E-state index in [-0.39, 0.29) is 24.0 Å². The Kier molecular flexibility index (Phi) is 13.3. The molecule has 0 unspecified atom stereocenters. The predicted molar refractivity (Wildman–Crippen MR) is 252 cm³/mol. The number of carbonyl (C=O) groups is 2. The summed E-state index contributed by atoms with van der Waals surface area (Å²) < 4.78 is 14.1. The molecule has 348 valence electrons. The van der Waals surface area contributed by atoms with Crippen LogP contribution in [0.4, 0.5) is 17.2 Å². The van der Waals surface area contributed by atoms with Gasteiger partial charge in [-0.1, -0.05) is 11.6 Å². The predicted octanol–water partition coefficient (Wildman–Crippen LogP) is 7.36. The van der Waals surface area contributed by atoms with Crippen LogP contribution >= 0.6 is 11.6 Å². The number of rotatable bonds is 11. The first kappa shape index (κ1) is 44.6. The van der Waals surface area contributed by atoms with Crippen LogP contribution in [-0.4, -0.2) is 103 Å². The number of carbonyl (C=O) groups excluding carboxylic acids is 2. The van der Waals surface area contributed by atoms with Gasteiger partial charge in [-0.15, -0.1) is 5.10 Å². The van der Waals surface area contributed by atoms with Crippen molar-refractivity contribution in [3.05, 3.63) is 93.9 Å². The fourth-order valence-corrected chi connectivity index (χ4v) is 10.8. The summed E-state index contributed by atoms with van der Waals surface area (Å²) in [4.78, 5) is 47.4. The quantitative estimate of drug-likeness (QED) is 0.139. The van der Waals surface area contributed by atoms with E-state index in [1.165, 1.54) is 5.69 Å². The number of nitriles is 1. The lowest BCUT2D eigenvalue weighted by Gasteiger charge is -2.34. The number of piperidine rings is 1. The van der Waals surface area contributed by atoms with Crippen molar-refractivity contribution >= 4 is 40.6 Å². The number of amides is 2. The second-order valence-corrected chi connectivity index (χ2v) is 19.0. The van der Waals surface area contributed by atoms with Gasteiger partial charge in [-0.25, -0.2) is 9.97 Å². The van der Waals surface area contributed by atoms with E-state index in [0.717, 1.165) is 156 Å². The lowest BCUT2D eigenvalue weighted by molar-refractivity contribution is -0.129. The van der Waals surface area contributed by atoms with Gasteiger partial charge in [-0.05, 0) is 113 Å². The zero-order valence-corrected chi connectivity index (χ0v) is 38.8. The largest absolute Gasteiger partial charge is 0.490 e. The van der Waals surface area contributed by atoms with Gasteiger partial charge in [0.2, 0.25) is 5.91 Å². The number of aryl methyl sites for hydroxylation is 2. The Hall–Kier alpha value is -6.18. The van der Waals surface area contributed by atoms with Crippen molar-refractivity contribution in [2.45, 2.75) is 115 Å². The summed E-state index contributed by atoms with van der Waals surface area (Å²) in [7, 11) is 0. The molecule has 1 N–H and O–H groups in total. The van der Waals surface area contributed by atoms with E-state index in [9.17, 15) is 9.59 Å². The molecule has 17 heteroatoms. The summed E-state index contributed by atoms with van der Waals surface area (Å²) in [5.74, 6) is 2.70. The Morgan fingerprint density at radius 3 is 2.54 bits per heavy atom. The number of ether oxygens (including phenoxy) is 2. The number of hydrogen-bond acceptors (Lipinski definition) is 13.